The van der Waals surface area contributed by atoms with Crippen LogP contribution in [0.5, 0.6) is 0 Å². The SMILES string of the molecule is C[C@H](CO)CC1=C2C[C@@H]3[C@H]4CC=C5C[C@@H](O)CC[C@]5(C)[C@@H]4CC[C@]3(C)[C@@H]2[C@@H](C)C1=O. The number of carbonyl (C=O) groups excluding carboxylic acids is 1. The maximum Gasteiger partial charge on any atom is 0.162 e. The molecule has 2 N–H and O–H groups in total. The van der Waals surface area contributed by atoms with Gasteiger partial charge in [-0.15, -0.1) is 0 Å². The molecule has 5 aliphatic rings. The maximum atomic E-state index is 13.2. The number of Topliss-reactive ketones (excluding diaryl/α,β-unsaturated/α-hetero) is 1. The third-order valence-electron chi connectivity index (χ3n) is 10.5. The third kappa shape index (κ3) is 2.73. The lowest BCUT2D eigenvalue weighted by molar-refractivity contribution is -0.121. The van der Waals surface area contributed by atoms with Crippen molar-refractivity contribution in [3.8, 4) is 0 Å². The average Bonchev–Trinajstić information content (AvgIpc) is 3.15. The molecule has 0 unspecified atom stereocenters. The van der Waals surface area contributed by atoms with Gasteiger partial charge in [-0.3, -0.25) is 4.79 Å². The van der Waals surface area contributed by atoms with Crippen LogP contribution in [0.3, 0.4) is 0 Å². The Morgan fingerprint density at radius 3 is 2.67 bits per heavy atom. The molecule has 0 aromatic rings. The van der Waals surface area contributed by atoms with E-state index in [0.29, 0.717) is 23.5 Å². The smallest absolute Gasteiger partial charge is 0.162 e. The van der Waals surface area contributed by atoms with Crippen molar-refractivity contribution in [2.75, 3.05) is 6.61 Å². The predicted octanol–water partition coefficient (Wildman–Crippen LogP) is 5.07. The molecule has 0 aliphatic heterocycles. The van der Waals surface area contributed by atoms with Crippen LogP contribution in [-0.2, 0) is 4.79 Å². The lowest BCUT2D eigenvalue weighted by Gasteiger charge is -2.58. The Labute approximate surface area is 182 Å². The van der Waals surface area contributed by atoms with Crippen molar-refractivity contribution >= 4 is 5.78 Å². The first kappa shape index (κ1) is 20.9. The number of rotatable bonds is 3. The number of hydrogen-bond acceptors (Lipinski definition) is 3. The number of ketones is 1. The fourth-order valence-electron chi connectivity index (χ4n) is 8.93. The molecule has 3 saturated carbocycles. The summed E-state index contributed by atoms with van der Waals surface area (Å²) in [7, 11) is 0. The van der Waals surface area contributed by atoms with E-state index in [1.54, 1.807) is 0 Å². The summed E-state index contributed by atoms with van der Waals surface area (Å²) >= 11 is 0. The zero-order valence-electron chi connectivity index (χ0n) is 19.3. The van der Waals surface area contributed by atoms with Gasteiger partial charge in [0.15, 0.2) is 5.78 Å². The third-order valence-corrected chi connectivity index (χ3v) is 10.5. The summed E-state index contributed by atoms with van der Waals surface area (Å²) in [5, 5.41) is 19.8. The van der Waals surface area contributed by atoms with Gasteiger partial charge < -0.3 is 10.2 Å². The summed E-state index contributed by atoms with van der Waals surface area (Å²) in [6.07, 6.45) is 10.8. The van der Waals surface area contributed by atoms with E-state index in [9.17, 15) is 15.0 Å². The minimum Gasteiger partial charge on any atom is -0.396 e. The fraction of sp³-hybridized carbons (Fsp3) is 0.815. The van der Waals surface area contributed by atoms with Crippen LogP contribution >= 0.6 is 0 Å². The van der Waals surface area contributed by atoms with Crippen molar-refractivity contribution in [2.45, 2.75) is 85.2 Å². The Bertz CT molecular complexity index is 809. The summed E-state index contributed by atoms with van der Waals surface area (Å²) in [6.45, 7) is 9.38. The number of hydrogen-bond donors (Lipinski definition) is 2. The molecule has 0 bridgehead atoms. The highest BCUT2D eigenvalue weighted by molar-refractivity contribution is 6.01. The van der Waals surface area contributed by atoms with Crippen molar-refractivity contribution in [3.63, 3.8) is 0 Å². The lowest BCUT2D eigenvalue weighted by Crippen LogP contribution is -2.51. The van der Waals surface area contributed by atoms with Gasteiger partial charge in [0.25, 0.3) is 0 Å². The molecule has 166 valence electrons. The topological polar surface area (TPSA) is 57.5 Å². The zero-order valence-corrected chi connectivity index (χ0v) is 19.3. The Morgan fingerprint density at radius 2 is 1.93 bits per heavy atom. The minimum atomic E-state index is -0.145. The average molecular weight is 413 g/mol. The van der Waals surface area contributed by atoms with E-state index >= 15 is 0 Å². The van der Waals surface area contributed by atoms with Crippen molar-refractivity contribution in [3.05, 3.63) is 22.8 Å². The zero-order chi connectivity index (χ0) is 21.4. The molecule has 0 amide bonds. The van der Waals surface area contributed by atoms with E-state index in [2.05, 4.69) is 33.8 Å². The fourth-order valence-corrected chi connectivity index (χ4v) is 8.93. The number of fused-ring (bicyclic) bond motifs is 7. The summed E-state index contributed by atoms with van der Waals surface area (Å²) in [4.78, 5) is 13.2. The molecule has 0 spiro atoms. The molecule has 5 rings (SSSR count). The van der Waals surface area contributed by atoms with E-state index in [-0.39, 0.29) is 35.4 Å². The molecule has 3 heteroatoms. The van der Waals surface area contributed by atoms with Crippen LogP contribution in [0, 0.1) is 46.3 Å². The van der Waals surface area contributed by atoms with E-state index in [0.717, 1.165) is 50.0 Å². The Balaban J connectivity index is 1.51. The largest absolute Gasteiger partial charge is 0.396 e. The van der Waals surface area contributed by atoms with Crippen LogP contribution in [0.15, 0.2) is 22.8 Å². The second-order valence-corrected chi connectivity index (χ2v) is 12.0. The second-order valence-electron chi connectivity index (χ2n) is 12.0. The molecule has 3 nitrogen and oxygen atoms in total. The molecule has 9 atom stereocenters. The molecule has 30 heavy (non-hydrogen) atoms. The maximum absolute atomic E-state index is 13.2. The standard InChI is InChI=1S/C27H40O3/c1-15(14-28)11-21-20-13-23-19-6-5-17-12-18(29)7-9-26(17,3)22(19)8-10-27(23,4)24(20)16(2)25(21)30/h5,15-16,18-19,22-24,28-29H,6-14H2,1-4H3/t15-,16+,18-,19-,22+,23+,24+,26-,27-/m0/s1. The quantitative estimate of drug-likeness (QED) is 0.636. The molecule has 0 heterocycles. The summed E-state index contributed by atoms with van der Waals surface area (Å²) < 4.78 is 0. The van der Waals surface area contributed by atoms with Gasteiger partial charge in [-0.1, -0.05) is 44.9 Å². The van der Waals surface area contributed by atoms with Crippen LogP contribution in [0.25, 0.3) is 0 Å². The number of aliphatic hydroxyl groups excluding tert-OH is 2. The molecule has 5 aliphatic carbocycles. The Kier molecular flexibility index (Phi) is 4.91. The molecule has 0 radical (unpaired) electrons. The molecule has 3 fully saturated rings. The molecule has 0 saturated heterocycles. The first-order valence-corrected chi connectivity index (χ1v) is 12.4. The van der Waals surface area contributed by atoms with Crippen LogP contribution in [0.2, 0.25) is 0 Å². The van der Waals surface area contributed by atoms with Crippen LogP contribution < -0.4 is 0 Å². The molecule has 0 aromatic heterocycles. The first-order chi connectivity index (χ1) is 14.2. The van der Waals surface area contributed by atoms with Crippen LogP contribution in [0.1, 0.15) is 79.1 Å². The van der Waals surface area contributed by atoms with Crippen molar-refractivity contribution < 1.29 is 15.0 Å². The summed E-state index contributed by atoms with van der Waals surface area (Å²) in [5.41, 5.74) is 4.60. The van der Waals surface area contributed by atoms with Gasteiger partial charge in [-0.2, -0.15) is 0 Å². The highest BCUT2D eigenvalue weighted by Gasteiger charge is 2.63. The van der Waals surface area contributed by atoms with Crippen molar-refractivity contribution in [2.24, 2.45) is 46.3 Å². The van der Waals surface area contributed by atoms with E-state index < -0.39 is 0 Å². The summed E-state index contributed by atoms with van der Waals surface area (Å²) in [6, 6.07) is 0. The summed E-state index contributed by atoms with van der Waals surface area (Å²) in [5.74, 6) is 3.19. The normalized spacial score (nSPS) is 48.6. The predicted molar refractivity (Wildman–Crippen MR) is 119 cm³/mol. The van der Waals surface area contributed by atoms with Gasteiger partial charge in [-0.05, 0) is 97.4 Å². The van der Waals surface area contributed by atoms with Crippen LogP contribution in [-0.4, -0.2) is 28.7 Å². The monoisotopic (exact) mass is 412 g/mol. The van der Waals surface area contributed by atoms with E-state index in [4.69, 9.17) is 0 Å². The van der Waals surface area contributed by atoms with E-state index in [1.165, 1.54) is 24.0 Å². The number of carbonyl (C=O) groups is 1. The number of aliphatic hydroxyl groups is 2. The van der Waals surface area contributed by atoms with Gasteiger partial charge >= 0.3 is 0 Å². The number of allylic oxidation sites excluding steroid dienone is 3. The lowest BCUT2D eigenvalue weighted by atomic mass is 9.47. The van der Waals surface area contributed by atoms with Gasteiger partial charge in [0.1, 0.15) is 0 Å². The highest BCUT2D eigenvalue weighted by atomic mass is 16.3. The van der Waals surface area contributed by atoms with Crippen molar-refractivity contribution in [1.29, 1.82) is 0 Å². The molecular formula is C27H40O3. The minimum absolute atomic E-state index is 0.113. The van der Waals surface area contributed by atoms with Gasteiger partial charge in [0.2, 0.25) is 0 Å². The van der Waals surface area contributed by atoms with Crippen molar-refractivity contribution in [1.82, 2.24) is 0 Å². The first-order valence-electron chi connectivity index (χ1n) is 12.4. The van der Waals surface area contributed by atoms with Crippen LogP contribution in [0.4, 0.5) is 0 Å². The highest BCUT2D eigenvalue weighted by Crippen LogP contribution is 2.70. The Morgan fingerprint density at radius 1 is 1.17 bits per heavy atom. The van der Waals surface area contributed by atoms with E-state index in [1.807, 2.05) is 0 Å². The van der Waals surface area contributed by atoms with Gasteiger partial charge in [0, 0.05) is 12.5 Å². The Hall–Kier alpha value is -0.930. The molecule has 0 aromatic carbocycles. The van der Waals surface area contributed by atoms with Gasteiger partial charge in [-0.25, -0.2) is 0 Å². The second kappa shape index (κ2) is 7.04. The van der Waals surface area contributed by atoms with Gasteiger partial charge in [0.05, 0.1) is 6.10 Å². The molecular weight excluding hydrogens is 372 g/mol.